The second-order valence-electron chi connectivity index (χ2n) is 1.88. The van der Waals surface area contributed by atoms with E-state index < -0.39 is 0 Å². The summed E-state index contributed by atoms with van der Waals surface area (Å²) in [7, 11) is 0. The number of hydrogen-bond acceptors (Lipinski definition) is 2. The lowest BCUT2D eigenvalue weighted by Crippen LogP contribution is -2.00. The van der Waals surface area contributed by atoms with Gasteiger partial charge in [0.05, 0.1) is 6.61 Å². The molecule has 0 spiro atoms. The van der Waals surface area contributed by atoms with E-state index in [1.54, 1.807) is 6.92 Å². The van der Waals surface area contributed by atoms with E-state index in [4.69, 9.17) is 0 Å². The molecule has 0 saturated carbocycles. The molecule has 2 nitrogen and oxygen atoms in total. The van der Waals surface area contributed by atoms with Crippen molar-refractivity contribution in [2.45, 2.75) is 13.8 Å². The van der Waals surface area contributed by atoms with Crippen LogP contribution in [0.25, 0.3) is 0 Å². The summed E-state index contributed by atoms with van der Waals surface area (Å²) < 4.78 is 4.68. The lowest BCUT2D eigenvalue weighted by Gasteiger charge is -1.95. The fourth-order valence-electron chi connectivity index (χ4n) is 0.424. The van der Waals surface area contributed by atoms with Crippen LogP contribution in [0.1, 0.15) is 13.8 Å². The molecule has 0 saturated heterocycles. The summed E-state index contributed by atoms with van der Waals surface area (Å²) in [5.41, 5.74) is 0.971. The van der Waals surface area contributed by atoms with Crippen LogP contribution < -0.4 is 0 Å². The highest BCUT2D eigenvalue weighted by atomic mass is 79.9. The summed E-state index contributed by atoms with van der Waals surface area (Å²) in [4.78, 5) is 10.7. The van der Waals surface area contributed by atoms with E-state index in [9.17, 15) is 4.79 Å². The highest BCUT2D eigenvalue weighted by Gasteiger charge is 1.95. The third kappa shape index (κ3) is 4.56. The maximum absolute atomic E-state index is 10.7. The minimum absolute atomic E-state index is 0.264. The number of ether oxygens (including phenoxy) is 1. The molecule has 0 N–H and O–H groups in total. The van der Waals surface area contributed by atoms with E-state index in [0.717, 1.165) is 5.57 Å². The highest BCUT2D eigenvalue weighted by Crippen LogP contribution is 1.97. The van der Waals surface area contributed by atoms with Gasteiger partial charge >= 0.3 is 5.97 Å². The van der Waals surface area contributed by atoms with Gasteiger partial charge in [0.25, 0.3) is 0 Å². The zero-order valence-electron chi connectivity index (χ0n) is 6.19. The normalized spacial score (nSPS) is 11.3. The van der Waals surface area contributed by atoms with Crippen LogP contribution in [0.5, 0.6) is 0 Å². The van der Waals surface area contributed by atoms with Crippen LogP contribution in [0, 0.1) is 0 Å². The third-order valence-corrected chi connectivity index (χ3v) is 1.75. The second-order valence-corrected chi connectivity index (χ2v) is 2.44. The van der Waals surface area contributed by atoms with Crippen molar-refractivity contribution in [1.82, 2.24) is 0 Å². The second kappa shape index (κ2) is 5.47. The van der Waals surface area contributed by atoms with Gasteiger partial charge in [0.1, 0.15) is 0 Å². The topological polar surface area (TPSA) is 26.3 Å². The zero-order chi connectivity index (χ0) is 7.98. The highest BCUT2D eigenvalue weighted by molar-refractivity contribution is 9.09. The number of alkyl halides is 1. The Bertz CT molecular complexity index is 141. The lowest BCUT2D eigenvalue weighted by atomic mass is 10.3. The summed E-state index contributed by atoms with van der Waals surface area (Å²) in [6.07, 6.45) is 1.48. The molecule has 3 heteroatoms. The zero-order valence-corrected chi connectivity index (χ0v) is 7.77. The van der Waals surface area contributed by atoms with Crippen molar-refractivity contribution in [2.75, 3.05) is 11.9 Å². The van der Waals surface area contributed by atoms with Crippen molar-refractivity contribution in [3.8, 4) is 0 Å². The first-order valence-corrected chi connectivity index (χ1v) is 4.22. The summed E-state index contributed by atoms with van der Waals surface area (Å²) in [5, 5.41) is 0.714. The van der Waals surface area contributed by atoms with Crippen LogP contribution in [0.4, 0.5) is 0 Å². The Morgan fingerprint density at radius 2 is 2.30 bits per heavy atom. The minimum atomic E-state index is -0.264. The van der Waals surface area contributed by atoms with E-state index in [2.05, 4.69) is 20.7 Å². The third-order valence-electron chi connectivity index (χ3n) is 0.862. The van der Waals surface area contributed by atoms with E-state index in [-0.39, 0.29) is 5.97 Å². The molecular weight excluding hydrogens is 196 g/mol. The number of hydrogen-bond donors (Lipinski definition) is 0. The molecule has 0 aliphatic heterocycles. The summed E-state index contributed by atoms with van der Waals surface area (Å²) in [6, 6.07) is 0. The Kier molecular flexibility index (Phi) is 5.30. The maximum Gasteiger partial charge on any atom is 0.330 e. The van der Waals surface area contributed by atoms with Crippen LogP contribution in [0.15, 0.2) is 11.6 Å². The van der Waals surface area contributed by atoms with E-state index in [1.165, 1.54) is 6.08 Å². The quantitative estimate of drug-likeness (QED) is 0.401. The first kappa shape index (κ1) is 9.69. The molecule has 58 valence electrons. The molecule has 0 heterocycles. The van der Waals surface area contributed by atoms with E-state index >= 15 is 0 Å². The standard InChI is InChI=1S/C7H11BrO2/c1-3-10-7(9)4-6(2)5-8/h4H,3,5H2,1-2H3. The molecule has 0 unspecified atom stereocenters. The van der Waals surface area contributed by atoms with Gasteiger partial charge in [0.2, 0.25) is 0 Å². The molecule has 0 fully saturated rings. The Balaban J connectivity index is 3.75. The van der Waals surface area contributed by atoms with Crippen LogP contribution in [-0.2, 0) is 9.53 Å². The maximum atomic E-state index is 10.7. The van der Waals surface area contributed by atoms with E-state index in [1.807, 2.05) is 6.92 Å². The van der Waals surface area contributed by atoms with Crippen LogP contribution in [0.2, 0.25) is 0 Å². The first-order valence-electron chi connectivity index (χ1n) is 3.10. The molecule has 0 aliphatic carbocycles. The number of rotatable bonds is 3. The smallest absolute Gasteiger partial charge is 0.330 e. The lowest BCUT2D eigenvalue weighted by molar-refractivity contribution is -0.137. The average molecular weight is 207 g/mol. The summed E-state index contributed by atoms with van der Waals surface area (Å²) >= 11 is 3.22. The van der Waals surface area contributed by atoms with Gasteiger partial charge in [-0.15, -0.1) is 0 Å². The number of halogens is 1. The van der Waals surface area contributed by atoms with Gasteiger partial charge in [-0.25, -0.2) is 4.79 Å². The predicted molar refractivity (Wildman–Crippen MR) is 44.2 cm³/mol. The fraction of sp³-hybridized carbons (Fsp3) is 0.571. The largest absolute Gasteiger partial charge is 0.463 e. The van der Waals surface area contributed by atoms with Gasteiger partial charge in [-0.3, -0.25) is 0 Å². The van der Waals surface area contributed by atoms with Gasteiger partial charge in [0.15, 0.2) is 0 Å². The monoisotopic (exact) mass is 206 g/mol. The van der Waals surface area contributed by atoms with Gasteiger partial charge in [-0.2, -0.15) is 0 Å². The number of carbonyl (C=O) groups is 1. The Labute approximate surface area is 69.4 Å². The predicted octanol–water partition coefficient (Wildman–Crippen LogP) is 1.89. The Hall–Kier alpha value is -0.310. The van der Waals surface area contributed by atoms with Gasteiger partial charge in [0, 0.05) is 11.4 Å². The molecule has 0 aliphatic rings. The number of esters is 1. The molecule has 0 aromatic rings. The molecule has 0 amide bonds. The van der Waals surface area contributed by atoms with Crippen molar-refractivity contribution in [3.63, 3.8) is 0 Å². The molecular formula is C7H11BrO2. The Morgan fingerprint density at radius 1 is 1.70 bits per heavy atom. The molecule has 0 rings (SSSR count). The van der Waals surface area contributed by atoms with Gasteiger partial charge in [-0.1, -0.05) is 21.5 Å². The van der Waals surface area contributed by atoms with Crippen LogP contribution >= 0.6 is 15.9 Å². The van der Waals surface area contributed by atoms with Crippen molar-refractivity contribution in [2.24, 2.45) is 0 Å². The average Bonchev–Trinajstić information content (AvgIpc) is 1.88. The molecule has 0 bridgehead atoms. The van der Waals surface area contributed by atoms with Crippen molar-refractivity contribution < 1.29 is 9.53 Å². The summed E-state index contributed by atoms with van der Waals surface area (Å²) in [6.45, 7) is 4.09. The summed E-state index contributed by atoms with van der Waals surface area (Å²) in [5.74, 6) is -0.264. The number of carbonyl (C=O) groups excluding carboxylic acids is 1. The van der Waals surface area contributed by atoms with Crippen LogP contribution in [0.3, 0.4) is 0 Å². The van der Waals surface area contributed by atoms with Gasteiger partial charge < -0.3 is 4.74 Å². The fourth-order valence-corrected chi connectivity index (χ4v) is 0.586. The SMILES string of the molecule is CCOC(=O)C=C(C)CBr. The van der Waals surface area contributed by atoms with Crippen molar-refractivity contribution in [3.05, 3.63) is 11.6 Å². The molecule has 0 aromatic carbocycles. The van der Waals surface area contributed by atoms with Crippen molar-refractivity contribution in [1.29, 1.82) is 0 Å². The first-order chi connectivity index (χ1) is 4.70. The van der Waals surface area contributed by atoms with Gasteiger partial charge in [-0.05, 0) is 13.8 Å². The van der Waals surface area contributed by atoms with Crippen LogP contribution in [-0.4, -0.2) is 17.9 Å². The molecule has 0 atom stereocenters. The number of allylic oxidation sites excluding steroid dienone is 1. The molecule has 0 aromatic heterocycles. The molecule has 10 heavy (non-hydrogen) atoms. The Morgan fingerprint density at radius 3 is 2.70 bits per heavy atom. The van der Waals surface area contributed by atoms with Crippen molar-refractivity contribution >= 4 is 21.9 Å². The molecule has 0 radical (unpaired) electrons. The minimum Gasteiger partial charge on any atom is -0.463 e. The van der Waals surface area contributed by atoms with E-state index in [0.29, 0.717) is 11.9 Å².